The molecule has 7 nitrogen and oxygen atoms in total. The molecule has 8 heteroatoms. The van der Waals surface area contributed by atoms with E-state index in [0.717, 1.165) is 6.33 Å². The summed E-state index contributed by atoms with van der Waals surface area (Å²) in [5, 5.41) is 10.6. The second kappa shape index (κ2) is 4.94. The van der Waals surface area contributed by atoms with E-state index in [1.54, 1.807) is 20.8 Å². The van der Waals surface area contributed by atoms with E-state index in [2.05, 4.69) is 9.97 Å². The van der Waals surface area contributed by atoms with Crippen LogP contribution in [0.2, 0.25) is 0 Å². The van der Waals surface area contributed by atoms with Crippen molar-refractivity contribution in [3.8, 4) is 0 Å². The van der Waals surface area contributed by atoms with Crippen LogP contribution < -0.4 is 5.32 Å². The summed E-state index contributed by atoms with van der Waals surface area (Å²) >= 11 is 0. The fraction of sp³-hybridized carbons (Fsp3) is 0.400. The summed E-state index contributed by atoms with van der Waals surface area (Å²) in [6.45, 7) is 4.89. The van der Waals surface area contributed by atoms with Gasteiger partial charge in [0.25, 0.3) is 0 Å². The predicted octanol–water partition coefficient (Wildman–Crippen LogP) is 1.66. The first kappa shape index (κ1) is 13.8. The Morgan fingerprint density at radius 3 is 2.50 bits per heavy atom. The van der Waals surface area contributed by atoms with Gasteiger partial charge in [-0.25, -0.2) is 23.9 Å². The Kier molecular flexibility index (Phi) is 3.79. The predicted molar refractivity (Wildman–Crippen MR) is 58.8 cm³/mol. The van der Waals surface area contributed by atoms with Crippen molar-refractivity contribution < 1.29 is 23.8 Å². The highest BCUT2D eigenvalue weighted by Crippen LogP contribution is 2.14. The lowest BCUT2D eigenvalue weighted by Gasteiger charge is -2.19. The number of amides is 1. The maximum absolute atomic E-state index is 13.5. The summed E-state index contributed by atoms with van der Waals surface area (Å²) in [7, 11) is 0. The number of carboxylic acid groups (broad SMARTS) is 1. The topological polar surface area (TPSA) is 101 Å². The second-order valence-electron chi connectivity index (χ2n) is 4.32. The van der Waals surface area contributed by atoms with Crippen molar-refractivity contribution in [2.24, 2.45) is 0 Å². The largest absolute Gasteiger partial charge is 0.476 e. The summed E-state index contributed by atoms with van der Waals surface area (Å²) in [6.07, 6.45) is -0.101. The van der Waals surface area contributed by atoms with E-state index >= 15 is 0 Å². The van der Waals surface area contributed by atoms with Crippen LogP contribution >= 0.6 is 0 Å². The number of rotatable bonds is 2. The standard InChI is InChI=1S/C10H12FN3O4/c1-10(2,3)18-9(17)14-7-5(11)6(8(15)16)12-4-13-7/h4H,1-3H3,(H,15,16)(H,12,13,14,17). The fourth-order valence-electron chi connectivity index (χ4n) is 1.01. The Morgan fingerprint density at radius 2 is 2.00 bits per heavy atom. The molecule has 98 valence electrons. The molecule has 1 aromatic heterocycles. The minimum absolute atomic E-state index is 0.545. The Balaban J connectivity index is 2.89. The Labute approximate surface area is 102 Å². The smallest absolute Gasteiger partial charge is 0.413 e. The average molecular weight is 257 g/mol. The van der Waals surface area contributed by atoms with Gasteiger partial charge in [-0.2, -0.15) is 0 Å². The molecule has 0 saturated carbocycles. The third kappa shape index (κ3) is 3.65. The molecule has 0 aliphatic rings. The molecule has 1 amide bonds. The van der Waals surface area contributed by atoms with E-state index in [1.807, 2.05) is 5.32 Å². The summed E-state index contributed by atoms with van der Waals surface area (Å²) in [5.41, 5.74) is -1.58. The van der Waals surface area contributed by atoms with Gasteiger partial charge in [-0.05, 0) is 20.8 Å². The third-order valence-electron chi connectivity index (χ3n) is 1.61. The number of halogens is 1. The number of carbonyl (C=O) groups is 2. The molecule has 1 heterocycles. The number of anilines is 1. The summed E-state index contributed by atoms with van der Waals surface area (Å²) < 4.78 is 18.4. The molecule has 0 saturated heterocycles. The van der Waals surface area contributed by atoms with Crippen LogP contribution in [-0.4, -0.2) is 32.7 Å². The summed E-state index contributed by atoms with van der Waals surface area (Å²) in [4.78, 5) is 28.6. The van der Waals surface area contributed by atoms with Crippen LogP contribution in [0.3, 0.4) is 0 Å². The minimum Gasteiger partial charge on any atom is -0.476 e. The molecule has 0 atom stereocenters. The second-order valence-corrected chi connectivity index (χ2v) is 4.32. The molecule has 1 aromatic rings. The number of nitrogens with zero attached hydrogens (tertiary/aromatic N) is 2. The van der Waals surface area contributed by atoms with E-state index in [1.165, 1.54) is 0 Å². The van der Waals surface area contributed by atoms with Crippen molar-refractivity contribution in [1.82, 2.24) is 9.97 Å². The number of hydrogen-bond acceptors (Lipinski definition) is 5. The fourth-order valence-corrected chi connectivity index (χ4v) is 1.01. The van der Waals surface area contributed by atoms with Crippen molar-refractivity contribution in [2.75, 3.05) is 5.32 Å². The molecule has 0 spiro atoms. The van der Waals surface area contributed by atoms with Crippen LogP contribution in [0.15, 0.2) is 6.33 Å². The zero-order chi connectivity index (χ0) is 13.9. The van der Waals surface area contributed by atoms with Crippen LogP contribution in [0.1, 0.15) is 31.3 Å². The first-order valence-electron chi connectivity index (χ1n) is 4.94. The highest BCUT2D eigenvalue weighted by molar-refractivity contribution is 5.89. The third-order valence-corrected chi connectivity index (χ3v) is 1.61. The summed E-state index contributed by atoms with van der Waals surface area (Å²) in [6, 6.07) is 0. The Bertz CT molecular complexity index is 485. The molecular weight excluding hydrogens is 245 g/mol. The lowest BCUT2D eigenvalue weighted by molar-refractivity contribution is 0.0629. The molecule has 0 aromatic carbocycles. The van der Waals surface area contributed by atoms with Gasteiger partial charge in [0.2, 0.25) is 0 Å². The van der Waals surface area contributed by atoms with E-state index < -0.39 is 35.0 Å². The van der Waals surface area contributed by atoms with Crippen LogP contribution in [0.5, 0.6) is 0 Å². The molecule has 2 N–H and O–H groups in total. The maximum atomic E-state index is 13.5. The van der Waals surface area contributed by atoms with Gasteiger partial charge in [-0.3, -0.25) is 5.32 Å². The van der Waals surface area contributed by atoms with Crippen molar-refractivity contribution in [3.05, 3.63) is 17.8 Å². The van der Waals surface area contributed by atoms with Crippen LogP contribution in [0, 0.1) is 5.82 Å². The van der Waals surface area contributed by atoms with Gasteiger partial charge in [-0.1, -0.05) is 0 Å². The van der Waals surface area contributed by atoms with Crippen molar-refractivity contribution in [3.63, 3.8) is 0 Å². The molecule has 0 bridgehead atoms. The zero-order valence-corrected chi connectivity index (χ0v) is 10.0. The highest BCUT2D eigenvalue weighted by Gasteiger charge is 2.21. The highest BCUT2D eigenvalue weighted by atomic mass is 19.1. The molecular formula is C10H12FN3O4. The minimum atomic E-state index is -1.55. The van der Waals surface area contributed by atoms with Gasteiger partial charge in [-0.15, -0.1) is 0 Å². The molecule has 18 heavy (non-hydrogen) atoms. The lowest BCUT2D eigenvalue weighted by atomic mass is 10.2. The molecule has 1 rings (SSSR count). The number of hydrogen-bond donors (Lipinski definition) is 2. The van der Waals surface area contributed by atoms with E-state index in [-0.39, 0.29) is 0 Å². The number of nitrogens with one attached hydrogen (secondary N) is 1. The zero-order valence-electron chi connectivity index (χ0n) is 10.0. The first-order chi connectivity index (χ1) is 8.20. The summed E-state index contributed by atoms with van der Waals surface area (Å²) in [5.74, 6) is -3.32. The molecule has 0 fully saturated rings. The first-order valence-corrected chi connectivity index (χ1v) is 4.94. The van der Waals surface area contributed by atoms with E-state index in [0.29, 0.717) is 0 Å². The maximum Gasteiger partial charge on any atom is 0.413 e. The average Bonchev–Trinajstić information content (AvgIpc) is 2.17. The van der Waals surface area contributed by atoms with Gasteiger partial charge in [0.1, 0.15) is 11.9 Å². The quantitative estimate of drug-likeness (QED) is 0.835. The molecule has 0 radical (unpaired) electrons. The number of carbonyl (C=O) groups excluding carboxylic acids is 1. The van der Waals surface area contributed by atoms with Crippen LogP contribution in [0.4, 0.5) is 15.0 Å². The van der Waals surface area contributed by atoms with Crippen LogP contribution in [0.25, 0.3) is 0 Å². The Hall–Kier alpha value is -2.25. The van der Waals surface area contributed by atoms with Crippen molar-refractivity contribution in [2.45, 2.75) is 26.4 Å². The number of ether oxygens (including phenoxy) is 1. The van der Waals surface area contributed by atoms with Crippen LogP contribution in [-0.2, 0) is 4.74 Å². The van der Waals surface area contributed by atoms with E-state index in [4.69, 9.17) is 9.84 Å². The molecule has 0 unspecified atom stereocenters. The molecule has 0 aliphatic carbocycles. The number of carboxylic acids is 1. The van der Waals surface area contributed by atoms with Gasteiger partial charge in [0, 0.05) is 0 Å². The normalized spacial score (nSPS) is 10.9. The van der Waals surface area contributed by atoms with Gasteiger partial charge < -0.3 is 9.84 Å². The number of aromatic carboxylic acids is 1. The Morgan fingerprint density at radius 1 is 1.39 bits per heavy atom. The van der Waals surface area contributed by atoms with Gasteiger partial charge >= 0.3 is 12.1 Å². The van der Waals surface area contributed by atoms with Gasteiger partial charge in [0.15, 0.2) is 17.3 Å². The van der Waals surface area contributed by atoms with Gasteiger partial charge in [0.05, 0.1) is 0 Å². The SMILES string of the molecule is CC(C)(C)OC(=O)Nc1ncnc(C(=O)O)c1F. The lowest BCUT2D eigenvalue weighted by Crippen LogP contribution is -2.28. The number of aromatic nitrogens is 2. The van der Waals surface area contributed by atoms with Crippen molar-refractivity contribution in [1.29, 1.82) is 0 Å². The molecule has 0 aliphatic heterocycles. The van der Waals surface area contributed by atoms with E-state index in [9.17, 15) is 14.0 Å². The van der Waals surface area contributed by atoms with Crippen molar-refractivity contribution >= 4 is 17.9 Å². The monoisotopic (exact) mass is 257 g/mol.